The van der Waals surface area contributed by atoms with E-state index in [4.69, 9.17) is 0 Å². The predicted molar refractivity (Wildman–Crippen MR) is 104 cm³/mol. The lowest BCUT2D eigenvalue weighted by molar-refractivity contribution is 0.0950. The quantitative estimate of drug-likeness (QED) is 0.641. The highest BCUT2D eigenvalue weighted by molar-refractivity contribution is 7.89. The van der Waals surface area contributed by atoms with Crippen molar-refractivity contribution in [3.63, 3.8) is 0 Å². The molecule has 8 heteroatoms. The number of benzene rings is 1. The molecule has 0 aliphatic heterocycles. The Morgan fingerprint density at radius 1 is 1.12 bits per heavy atom. The van der Waals surface area contributed by atoms with E-state index in [2.05, 4.69) is 10.6 Å². The first-order valence-corrected chi connectivity index (χ1v) is 9.86. The van der Waals surface area contributed by atoms with Gasteiger partial charge in [0.2, 0.25) is 10.0 Å². The lowest BCUT2D eigenvalue weighted by Crippen LogP contribution is -2.37. The summed E-state index contributed by atoms with van der Waals surface area (Å²) in [5.74, 6) is -0.208. The van der Waals surface area contributed by atoms with E-state index in [1.54, 1.807) is 12.1 Å². The van der Waals surface area contributed by atoms with E-state index < -0.39 is 10.0 Å². The molecule has 6 nitrogen and oxygen atoms in total. The van der Waals surface area contributed by atoms with Gasteiger partial charge in [0.1, 0.15) is 0 Å². The minimum atomic E-state index is -3.51. The van der Waals surface area contributed by atoms with Gasteiger partial charge in [-0.3, -0.25) is 4.79 Å². The second kappa shape index (κ2) is 11.5. The Bertz CT molecular complexity index is 615. The Balaban J connectivity index is 0.00000576. The van der Waals surface area contributed by atoms with Crippen molar-refractivity contribution < 1.29 is 13.2 Å². The molecule has 0 fully saturated rings. The van der Waals surface area contributed by atoms with Gasteiger partial charge in [0.25, 0.3) is 5.91 Å². The predicted octanol–water partition coefficient (Wildman–Crippen LogP) is 2.26. The molecular weight excluding hydrogens is 362 g/mol. The molecule has 0 heterocycles. The van der Waals surface area contributed by atoms with Crippen LogP contribution in [-0.2, 0) is 10.0 Å². The minimum absolute atomic E-state index is 0. The summed E-state index contributed by atoms with van der Waals surface area (Å²) in [7, 11) is -1.68. The van der Waals surface area contributed by atoms with Crippen LogP contribution in [0.1, 0.15) is 44.0 Å². The fraction of sp³-hybridized carbons (Fsp3) is 0.588. The highest BCUT2D eigenvalue weighted by atomic mass is 35.5. The van der Waals surface area contributed by atoms with E-state index in [-0.39, 0.29) is 29.3 Å². The summed E-state index contributed by atoms with van der Waals surface area (Å²) in [5.41, 5.74) is 0.454. The number of likely N-dealkylation sites (N-methyl/N-ethyl adjacent to an activating group) is 1. The van der Waals surface area contributed by atoms with Crippen LogP contribution in [0.3, 0.4) is 0 Å². The van der Waals surface area contributed by atoms with Crippen molar-refractivity contribution in [2.45, 2.75) is 44.6 Å². The van der Waals surface area contributed by atoms with E-state index >= 15 is 0 Å². The molecule has 1 amide bonds. The number of nitrogens with zero attached hydrogens (tertiary/aromatic N) is 1. The number of rotatable bonds is 10. The monoisotopic (exact) mass is 391 g/mol. The van der Waals surface area contributed by atoms with Gasteiger partial charge in [0, 0.05) is 31.2 Å². The van der Waals surface area contributed by atoms with Gasteiger partial charge in [-0.25, -0.2) is 8.42 Å². The Labute approximate surface area is 157 Å². The molecule has 1 unspecified atom stereocenters. The van der Waals surface area contributed by atoms with Crippen LogP contribution in [0.15, 0.2) is 29.2 Å². The van der Waals surface area contributed by atoms with Crippen LogP contribution in [0.25, 0.3) is 0 Å². The maximum atomic E-state index is 12.7. The van der Waals surface area contributed by atoms with Gasteiger partial charge >= 0.3 is 0 Å². The normalized spacial score (nSPS) is 12.5. The summed E-state index contributed by atoms with van der Waals surface area (Å²) in [6, 6.07) is 6.30. The summed E-state index contributed by atoms with van der Waals surface area (Å²) in [5, 5.41) is 5.85. The zero-order chi connectivity index (χ0) is 18.2. The van der Waals surface area contributed by atoms with Gasteiger partial charge < -0.3 is 10.6 Å². The van der Waals surface area contributed by atoms with E-state index in [1.165, 1.54) is 16.4 Å². The molecule has 0 bridgehead atoms. The fourth-order valence-corrected chi connectivity index (χ4v) is 3.85. The fourth-order valence-electron chi connectivity index (χ4n) is 2.23. The lowest BCUT2D eigenvalue weighted by atomic mass is 10.2. The third-order valence-corrected chi connectivity index (χ3v) is 5.67. The van der Waals surface area contributed by atoms with Crippen LogP contribution in [0.5, 0.6) is 0 Å². The van der Waals surface area contributed by atoms with E-state index in [0.717, 1.165) is 12.8 Å². The molecule has 2 N–H and O–H groups in total. The molecule has 0 radical (unpaired) electrons. The van der Waals surface area contributed by atoms with E-state index in [0.29, 0.717) is 25.2 Å². The van der Waals surface area contributed by atoms with Crippen molar-refractivity contribution >= 4 is 28.3 Å². The zero-order valence-electron chi connectivity index (χ0n) is 15.4. The summed E-state index contributed by atoms with van der Waals surface area (Å²) in [6.45, 7) is 7.39. The summed E-state index contributed by atoms with van der Waals surface area (Å²) >= 11 is 0. The topological polar surface area (TPSA) is 78.5 Å². The third kappa shape index (κ3) is 6.93. The number of hydrogen-bond acceptors (Lipinski definition) is 4. The average molecular weight is 392 g/mol. The van der Waals surface area contributed by atoms with Gasteiger partial charge in [-0.1, -0.05) is 13.8 Å². The summed E-state index contributed by atoms with van der Waals surface area (Å²) in [4.78, 5) is 12.3. The van der Waals surface area contributed by atoms with Crippen molar-refractivity contribution in [1.82, 2.24) is 14.9 Å². The number of carbonyl (C=O) groups excluding carboxylic acids is 1. The number of carbonyl (C=O) groups is 1. The maximum absolute atomic E-state index is 12.7. The maximum Gasteiger partial charge on any atom is 0.251 e. The molecule has 1 aromatic rings. The van der Waals surface area contributed by atoms with Gasteiger partial charge in [-0.05, 0) is 51.1 Å². The largest absolute Gasteiger partial charge is 0.350 e. The standard InChI is InChI=1S/C17H29N3O3S.ClH/c1-5-11-20(12-6-2)24(22,23)16-9-7-15(8-10-16)17(21)19-13-14(3)18-4;/h7-10,14,18H,5-6,11-13H2,1-4H3,(H,19,21);1H. The lowest BCUT2D eigenvalue weighted by Gasteiger charge is -2.21. The third-order valence-electron chi connectivity index (χ3n) is 3.76. The molecular formula is C17H30ClN3O3S. The van der Waals surface area contributed by atoms with Gasteiger partial charge in [-0.15, -0.1) is 12.4 Å². The molecule has 0 saturated heterocycles. The number of sulfonamides is 1. The van der Waals surface area contributed by atoms with Crippen LogP contribution in [0, 0.1) is 0 Å². The molecule has 1 aromatic carbocycles. The number of hydrogen-bond donors (Lipinski definition) is 2. The Hall–Kier alpha value is -1.15. The van der Waals surface area contributed by atoms with Crippen molar-refractivity contribution in [3.8, 4) is 0 Å². The van der Waals surface area contributed by atoms with Crippen LogP contribution in [0.2, 0.25) is 0 Å². The van der Waals surface area contributed by atoms with Crippen molar-refractivity contribution in [2.75, 3.05) is 26.7 Å². The number of amides is 1. The van der Waals surface area contributed by atoms with E-state index in [9.17, 15) is 13.2 Å². The smallest absolute Gasteiger partial charge is 0.251 e. The summed E-state index contributed by atoms with van der Waals surface area (Å²) in [6.07, 6.45) is 1.53. The molecule has 144 valence electrons. The first-order valence-electron chi connectivity index (χ1n) is 8.42. The highest BCUT2D eigenvalue weighted by Gasteiger charge is 2.23. The van der Waals surface area contributed by atoms with Crippen LogP contribution in [-0.4, -0.2) is 51.4 Å². The molecule has 0 saturated carbocycles. The zero-order valence-corrected chi connectivity index (χ0v) is 17.0. The molecule has 1 rings (SSSR count). The molecule has 0 aliphatic rings. The van der Waals surface area contributed by atoms with Gasteiger partial charge in [-0.2, -0.15) is 4.31 Å². The summed E-state index contributed by atoms with van der Waals surface area (Å²) < 4.78 is 26.8. The second-order valence-electron chi connectivity index (χ2n) is 5.83. The second-order valence-corrected chi connectivity index (χ2v) is 7.77. The number of nitrogens with one attached hydrogen (secondary N) is 2. The van der Waals surface area contributed by atoms with Crippen LogP contribution in [0.4, 0.5) is 0 Å². The minimum Gasteiger partial charge on any atom is -0.350 e. The van der Waals surface area contributed by atoms with Crippen molar-refractivity contribution in [3.05, 3.63) is 29.8 Å². The van der Waals surface area contributed by atoms with Crippen molar-refractivity contribution in [1.29, 1.82) is 0 Å². The first kappa shape index (κ1) is 23.9. The molecule has 0 aromatic heterocycles. The number of halogens is 1. The van der Waals surface area contributed by atoms with E-state index in [1.807, 2.05) is 27.8 Å². The first-order chi connectivity index (χ1) is 11.4. The van der Waals surface area contributed by atoms with Gasteiger partial charge in [0.15, 0.2) is 0 Å². The molecule has 0 aliphatic carbocycles. The molecule has 0 spiro atoms. The Kier molecular flexibility index (Phi) is 10.9. The average Bonchev–Trinajstić information content (AvgIpc) is 2.59. The molecule has 25 heavy (non-hydrogen) atoms. The highest BCUT2D eigenvalue weighted by Crippen LogP contribution is 2.17. The van der Waals surface area contributed by atoms with Gasteiger partial charge in [0.05, 0.1) is 4.90 Å². The van der Waals surface area contributed by atoms with Crippen LogP contribution < -0.4 is 10.6 Å². The molecule has 1 atom stereocenters. The SMILES string of the molecule is CCCN(CCC)S(=O)(=O)c1ccc(C(=O)NCC(C)NC)cc1.Cl. The van der Waals surface area contributed by atoms with Crippen molar-refractivity contribution in [2.24, 2.45) is 0 Å². The van der Waals surface area contributed by atoms with Crippen LogP contribution >= 0.6 is 12.4 Å². The Morgan fingerprint density at radius 3 is 2.08 bits per heavy atom. The Morgan fingerprint density at radius 2 is 1.64 bits per heavy atom.